The van der Waals surface area contributed by atoms with Gasteiger partial charge in [0.1, 0.15) is 6.17 Å². The minimum Gasteiger partial charge on any atom is -0.398 e. The maximum Gasteiger partial charge on any atom is 0.206 e. The number of imidazole rings is 1. The molecule has 4 nitrogen and oxygen atoms in total. The molecule has 1 atom stereocenters. The topological polar surface area (TPSA) is 47.1 Å². The monoisotopic (exact) mass is 276 g/mol. The predicted octanol–water partition coefficient (Wildman–Crippen LogP) is 2.71. The van der Waals surface area contributed by atoms with Gasteiger partial charge in [0.15, 0.2) is 0 Å². The van der Waals surface area contributed by atoms with Crippen LogP contribution < -0.4 is 10.6 Å². The number of nitrogen functional groups attached to an aromatic ring is 1. The summed E-state index contributed by atoms with van der Waals surface area (Å²) in [5.41, 5.74) is 10.9. The van der Waals surface area contributed by atoms with Crippen molar-refractivity contribution in [2.75, 3.05) is 23.7 Å². The van der Waals surface area contributed by atoms with Gasteiger partial charge >= 0.3 is 0 Å². The number of nitrogens with zero attached hydrogens (tertiary/aromatic N) is 3. The zero-order chi connectivity index (χ0) is 14.4. The lowest BCUT2D eigenvalue weighted by Crippen LogP contribution is -2.37. The zero-order valence-electron chi connectivity index (χ0n) is 12.3. The smallest absolute Gasteiger partial charge is 0.206 e. The molecule has 108 valence electrons. The molecule has 2 aromatic rings. The molecular weight excluding hydrogens is 255 g/mol. The molecule has 1 aliphatic rings. The van der Waals surface area contributed by atoms with Crippen LogP contribution in [0.3, 0.4) is 0 Å². The Morgan fingerprint density at radius 1 is 1.40 bits per heavy atom. The van der Waals surface area contributed by atoms with Crippen LogP contribution in [0, 0.1) is 13.8 Å². The molecule has 20 heavy (non-hydrogen) atoms. The normalized spacial score (nSPS) is 19.8. The second kappa shape index (κ2) is 4.65. The Morgan fingerprint density at radius 3 is 2.85 bits per heavy atom. The number of halogens is 1. The number of rotatable bonds is 1. The van der Waals surface area contributed by atoms with Gasteiger partial charge in [0.05, 0.1) is 17.6 Å². The van der Waals surface area contributed by atoms with E-state index in [9.17, 15) is 4.39 Å². The number of alkyl halides is 1. The molecule has 1 saturated heterocycles. The molecule has 0 saturated carbocycles. The molecule has 2 heterocycles. The van der Waals surface area contributed by atoms with Crippen molar-refractivity contribution >= 4 is 22.7 Å². The van der Waals surface area contributed by atoms with E-state index in [0.717, 1.165) is 46.8 Å². The van der Waals surface area contributed by atoms with Crippen molar-refractivity contribution in [3.8, 4) is 0 Å². The lowest BCUT2D eigenvalue weighted by atomic mass is 10.1. The number of aryl methyl sites for hydroxylation is 3. The number of hydrogen-bond donors (Lipinski definition) is 1. The largest absolute Gasteiger partial charge is 0.398 e. The summed E-state index contributed by atoms with van der Waals surface area (Å²) < 4.78 is 15.7. The average molecular weight is 276 g/mol. The van der Waals surface area contributed by atoms with Crippen LogP contribution in [0.1, 0.15) is 24.0 Å². The van der Waals surface area contributed by atoms with Gasteiger partial charge in [0, 0.05) is 24.8 Å². The van der Waals surface area contributed by atoms with Crippen molar-refractivity contribution in [3.63, 3.8) is 0 Å². The van der Waals surface area contributed by atoms with Crippen LogP contribution in [0.5, 0.6) is 0 Å². The number of piperidine rings is 1. The summed E-state index contributed by atoms with van der Waals surface area (Å²) in [5, 5.41) is 0. The number of nitrogens with two attached hydrogens (primary N) is 1. The molecule has 0 spiro atoms. The fourth-order valence-corrected chi connectivity index (χ4v) is 3.04. The lowest BCUT2D eigenvalue weighted by Gasteiger charge is -2.29. The van der Waals surface area contributed by atoms with Crippen molar-refractivity contribution < 1.29 is 4.39 Å². The van der Waals surface area contributed by atoms with Crippen LogP contribution in [0.4, 0.5) is 16.0 Å². The summed E-state index contributed by atoms with van der Waals surface area (Å²) in [6.45, 7) is 5.30. The van der Waals surface area contributed by atoms with Gasteiger partial charge < -0.3 is 15.2 Å². The van der Waals surface area contributed by atoms with Crippen molar-refractivity contribution in [2.45, 2.75) is 32.9 Å². The van der Waals surface area contributed by atoms with E-state index in [1.807, 2.05) is 30.4 Å². The maximum atomic E-state index is 13.6. The molecule has 1 aromatic heterocycles. The quantitative estimate of drug-likeness (QED) is 0.815. The number of fused-ring (bicyclic) bond motifs is 1. The van der Waals surface area contributed by atoms with Gasteiger partial charge in [-0.1, -0.05) is 0 Å². The first-order valence-electron chi connectivity index (χ1n) is 7.10. The highest BCUT2D eigenvalue weighted by Crippen LogP contribution is 2.30. The number of aromatic nitrogens is 2. The van der Waals surface area contributed by atoms with Crippen LogP contribution in [-0.2, 0) is 7.05 Å². The molecule has 0 amide bonds. The van der Waals surface area contributed by atoms with E-state index in [0.29, 0.717) is 13.0 Å². The van der Waals surface area contributed by atoms with E-state index < -0.39 is 6.17 Å². The molecule has 1 fully saturated rings. The number of benzene rings is 1. The van der Waals surface area contributed by atoms with Gasteiger partial charge in [-0.15, -0.1) is 0 Å². The molecule has 1 aliphatic heterocycles. The van der Waals surface area contributed by atoms with Crippen LogP contribution in [0.15, 0.2) is 6.07 Å². The minimum atomic E-state index is -0.753. The van der Waals surface area contributed by atoms with E-state index in [-0.39, 0.29) is 0 Å². The first-order chi connectivity index (χ1) is 9.49. The Kier molecular flexibility index (Phi) is 3.07. The van der Waals surface area contributed by atoms with Gasteiger partial charge in [0.2, 0.25) is 5.95 Å². The fourth-order valence-electron chi connectivity index (χ4n) is 3.04. The molecule has 3 rings (SSSR count). The maximum absolute atomic E-state index is 13.6. The van der Waals surface area contributed by atoms with E-state index in [2.05, 4.69) is 6.07 Å². The van der Waals surface area contributed by atoms with Crippen molar-refractivity contribution in [1.82, 2.24) is 9.55 Å². The molecule has 0 radical (unpaired) electrons. The van der Waals surface area contributed by atoms with Gasteiger partial charge in [0.25, 0.3) is 0 Å². The van der Waals surface area contributed by atoms with Crippen LogP contribution in [0.2, 0.25) is 0 Å². The molecular formula is C15H21FN4. The van der Waals surface area contributed by atoms with Crippen molar-refractivity contribution in [3.05, 3.63) is 17.2 Å². The van der Waals surface area contributed by atoms with Crippen LogP contribution >= 0.6 is 0 Å². The molecule has 1 aromatic carbocycles. The standard InChI is InChI=1S/C15H21FN4/c1-9-7-12-14(10(2)13(9)17)18-15(19(12)3)20-6-4-5-11(16)8-20/h7,11H,4-6,8,17H2,1-3H3. The van der Waals surface area contributed by atoms with Gasteiger partial charge in [-0.3, -0.25) is 0 Å². The third kappa shape index (κ3) is 1.92. The second-order valence-corrected chi connectivity index (χ2v) is 5.76. The molecule has 0 aliphatic carbocycles. The molecule has 5 heteroatoms. The van der Waals surface area contributed by atoms with Crippen LogP contribution in [0.25, 0.3) is 11.0 Å². The lowest BCUT2D eigenvalue weighted by molar-refractivity contribution is 0.285. The average Bonchev–Trinajstić information content (AvgIpc) is 2.74. The van der Waals surface area contributed by atoms with Crippen molar-refractivity contribution in [2.24, 2.45) is 7.05 Å². The number of anilines is 2. The van der Waals surface area contributed by atoms with Gasteiger partial charge in [-0.05, 0) is 38.3 Å². The van der Waals surface area contributed by atoms with E-state index >= 15 is 0 Å². The Morgan fingerprint density at radius 2 is 2.15 bits per heavy atom. The van der Waals surface area contributed by atoms with Gasteiger partial charge in [-0.2, -0.15) is 0 Å². The van der Waals surface area contributed by atoms with E-state index in [1.165, 1.54) is 0 Å². The SMILES string of the molecule is Cc1cc2c(nc(N3CCCC(F)C3)n2C)c(C)c1N. The molecule has 0 bridgehead atoms. The van der Waals surface area contributed by atoms with Gasteiger partial charge in [-0.25, -0.2) is 9.37 Å². The first kappa shape index (κ1) is 13.2. The fraction of sp³-hybridized carbons (Fsp3) is 0.533. The highest BCUT2D eigenvalue weighted by atomic mass is 19.1. The summed E-state index contributed by atoms with van der Waals surface area (Å²) in [6.07, 6.45) is 0.784. The summed E-state index contributed by atoms with van der Waals surface area (Å²) in [6, 6.07) is 2.06. The summed E-state index contributed by atoms with van der Waals surface area (Å²) in [4.78, 5) is 6.75. The summed E-state index contributed by atoms with van der Waals surface area (Å²) >= 11 is 0. The Bertz CT molecular complexity index is 662. The molecule has 1 unspecified atom stereocenters. The predicted molar refractivity (Wildman–Crippen MR) is 80.9 cm³/mol. The number of hydrogen-bond acceptors (Lipinski definition) is 3. The van der Waals surface area contributed by atoms with E-state index in [4.69, 9.17) is 10.7 Å². The highest BCUT2D eigenvalue weighted by molar-refractivity contribution is 5.87. The van der Waals surface area contributed by atoms with Crippen LogP contribution in [-0.4, -0.2) is 28.8 Å². The Balaban J connectivity index is 2.13. The molecule has 2 N–H and O–H groups in total. The third-order valence-electron chi connectivity index (χ3n) is 4.30. The zero-order valence-corrected chi connectivity index (χ0v) is 12.3. The summed E-state index contributed by atoms with van der Waals surface area (Å²) in [7, 11) is 1.99. The Labute approximate surface area is 118 Å². The first-order valence-corrected chi connectivity index (χ1v) is 7.10. The minimum absolute atomic E-state index is 0.435. The third-order valence-corrected chi connectivity index (χ3v) is 4.30. The van der Waals surface area contributed by atoms with Crippen molar-refractivity contribution in [1.29, 1.82) is 0 Å². The summed E-state index contributed by atoms with van der Waals surface area (Å²) in [5.74, 6) is 0.843. The Hall–Kier alpha value is -1.78. The highest BCUT2D eigenvalue weighted by Gasteiger charge is 2.24. The van der Waals surface area contributed by atoms with E-state index in [1.54, 1.807) is 0 Å². The second-order valence-electron chi connectivity index (χ2n) is 5.76.